The van der Waals surface area contributed by atoms with Crippen LogP contribution in [0.15, 0.2) is 54.6 Å². The van der Waals surface area contributed by atoms with Gasteiger partial charge in [0.05, 0.1) is 0 Å². The predicted octanol–water partition coefficient (Wildman–Crippen LogP) is 3.96. The molecule has 2 aromatic carbocycles. The minimum Gasteiger partial charge on any atom is -0.457 e. The number of carbonyl (C=O) groups excluding carboxylic acids is 1. The lowest BCUT2D eigenvalue weighted by molar-refractivity contribution is 0.224. The van der Waals surface area contributed by atoms with Crippen LogP contribution in [0.3, 0.4) is 0 Å². The van der Waals surface area contributed by atoms with Crippen LogP contribution < -0.4 is 10.1 Å². The molecule has 104 valence electrons. The lowest BCUT2D eigenvalue weighted by Crippen LogP contribution is -2.30. The first-order valence-electron chi connectivity index (χ1n) is 6.54. The molecule has 0 saturated heterocycles. The van der Waals surface area contributed by atoms with Crippen LogP contribution >= 0.6 is 0 Å². The van der Waals surface area contributed by atoms with Gasteiger partial charge < -0.3 is 15.0 Å². The Morgan fingerprint density at radius 1 is 1.05 bits per heavy atom. The molecule has 20 heavy (non-hydrogen) atoms. The molecule has 0 unspecified atom stereocenters. The topological polar surface area (TPSA) is 41.6 Å². The van der Waals surface area contributed by atoms with Gasteiger partial charge >= 0.3 is 6.03 Å². The number of anilines is 1. The summed E-state index contributed by atoms with van der Waals surface area (Å²) in [6.45, 7) is 2.59. The molecule has 0 saturated carbocycles. The van der Waals surface area contributed by atoms with Gasteiger partial charge in [-0.1, -0.05) is 18.2 Å². The van der Waals surface area contributed by atoms with Gasteiger partial charge in [-0.25, -0.2) is 4.79 Å². The number of hydrogen-bond donors (Lipinski definition) is 1. The number of urea groups is 1. The number of hydrogen-bond acceptors (Lipinski definition) is 2. The molecule has 0 aromatic heterocycles. The fraction of sp³-hybridized carbons (Fsp3) is 0.188. The molecular weight excluding hydrogens is 252 g/mol. The maximum Gasteiger partial charge on any atom is 0.321 e. The van der Waals surface area contributed by atoms with Gasteiger partial charge in [-0.2, -0.15) is 0 Å². The van der Waals surface area contributed by atoms with Gasteiger partial charge in [0, 0.05) is 19.3 Å². The first-order valence-corrected chi connectivity index (χ1v) is 6.54. The van der Waals surface area contributed by atoms with Crippen LogP contribution in [0.5, 0.6) is 11.5 Å². The second-order valence-electron chi connectivity index (χ2n) is 4.38. The quantitative estimate of drug-likeness (QED) is 0.913. The molecule has 0 radical (unpaired) electrons. The van der Waals surface area contributed by atoms with Crippen LogP contribution in [-0.2, 0) is 0 Å². The second-order valence-corrected chi connectivity index (χ2v) is 4.38. The Kier molecular flexibility index (Phi) is 4.60. The Hall–Kier alpha value is -2.49. The van der Waals surface area contributed by atoms with Crippen LogP contribution in [0.25, 0.3) is 0 Å². The number of amides is 2. The van der Waals surface area contributed by atoms with E-state index in [4.69, 9.17) is 4.74 Å². The third-order valence-electron chi connectivity index (χ3n) is 2.91. The molecule has 0 bridgehead atoms. The van der Waals surface area contributed by atoms with Crippen molar-refractivity contribution >= 4 is 11.7 Å². The number of carbonyl (C=O) groups is 1. The van der Waals surface area contributed by atoms with E-state index in [2.05, 4.69) is 5.32 Å². The van der Waals surface area contributed by atoms with E-state index in [-0.39, 0.29) is 6.03 Å². The Labute approximate surface area is 119 Å². The van der Waals surface area contributed by atoms with Crippen molar-refractivity contribution in [1.29, 1.82) is 0 Å². The molecule has 0 aliphatic rings. The third kappa shape index (κ3) is 3.75. The van der Waals surface area contributed by atoms with E-state index in [1.54, 1.807) is 11.9 Å². The van der Waals surface area contributed by atoms with Gasteiger partial charge in [0.2, 0.25) is 0 Å². The van der Waals surface area contributed by atoms with Crippen LogP contribution in [0.4, 0.5) is 10.5 Å². The highest BCUT2D eigenvalue weighted by Crippen LogP contribution is 2.22. The highest BCUT2D eigenvalue weighted by molar-refractivity contribution is 5.89. The summed E-state index contributed by atoms with van der Waals surface area (Å²) in [6, 6.07) is 16.7. The highest BCUT2D eigenvalue weighted by atomic mass is 16.5. The molecule has 0 heterocycles. The molecule has 4 nitrogen and oxygen atoms in total. The summed E-state index contributed by atoms with van der Waals surface area (Å²) < 4.78 is 5.68. The van der Waals surface area contributed by atoms with E-state index >= 15 is 0 Å². The lowest BCUT2D eigenvalue weighted by atomic mass is 10.3. The van der Waals surface area contributed by atoms with E-state index in [0.29, 0.717) is 6.54 Å². The first kappa shape index (κ1) is 13.9. The number of nitrogens with one attached hydrogen (secondary N) is 1. The molecule has 0 fully saturated rings. The van der Waals surface area contributed by atoms with Gasteiger partial charge in [0.25, 0.3) is 0 Å². The summed E-state index contributed by atoms with van der Waals surface area (Å²) in [5, 5.41) is 2.82. The van der Waals surface area contributed by atoms with E-state index in [9.17, 15) is 4.79 Å². The van der Waals surface area contributed by atoms with Crippen molar-refractivity contribution < 1.29 is 9.53 Å². The number of rotatable bonds is 4. The molecule has 0 aliphatic heterocycles. The van der Waals surface area contributed by atoms with Crippen molar-refractivity contribution in [3.63, 3.8) is 0 Å². The van der Waals surface area contributed by atoms with Crippen LogP contribution in [0, 0.1) is 0 Å². The zero-order valence-electron chi connectivity index (χ0n) is 11.7. The number of benzene rings is 2. The standard InChI is InChI=1S/C16H18N2O2/c1-3-18(2)16(19)17-13-9-11-15(12-10-13)20-14-7-5-4-6-8-14/h4-12H,3H2,1-2H3,(H,17,19). The Morgan fingerprint density at radius 3 is 2.25 bits per heavy atom. The fourth-order valence-electron chi connectivity index (χ4n) is 1.59. The molecule has 0 spiro atoms. The van der Waals surface area contributed by atoms with Crippen molar-refractivity contribution in [2.45, 2.75) is 6.92 Å². The monoisotopic (exact) mass is 270 g/mol. The molecular formula is C16H18N2O2. The van der Waals surface area contributed by atoms with Crippen molar-refractivity contribution in [1.82, 2.24) is 4.90 Å². The third-order valence-corrected chi connectivity index (χ3v) is 2.91. The summed E-state index contributed by atoms with van der Waals surface area (Å²) in [6.07, 6.45) is 0. The van der Waals surface area contributed by atoms with E-state index in [1.165, 1.54) is 0 Å². The average Bonchev–Trinajstić information content (AvgIpc) is 2.49. The average molecular weight is 270 g/mol. The van der Waals surface area contributed by atoms with Crippen molar-refractivity contribution in [3.05, 3.63) is 54.6 Å². The van der Waals surface area contributed by atoms with Gasteiger partial charge in [-0.15, -0.1) is 0 Å². The maximum absolute atomic E-state index is 11.7. The largest absolute Gasteiger partial charge is 0.457 e. The Morgan fingerprint density at radius 2 is 1.65 bits per heavy atom. The minimum atomic E-state index is -0.121. The zero-order valence-corrected chi connectivity index (χ0v) is 11.7. The molecule has 2 rings (SSSR count). The summed E-state index contributed by atoms with van der Waals surface area (Å²) in [5.74, 6) is 1.52. The zero-order chi connectivity index (χ0) is 14.4. The van der Waals surface area contributed by atoms with Crippen LogP contribution in [0.1, 0.15) is 6.92 Å². The van der Waals surface area contributed by atoms with Crippen molar-refractivity contribution in [2.24, 2.45) is 0 Å². The van der Waals surface area contributed by atoms with Crippen LogP contribution in [-0.4, -0.2) is 24.5 Å². The van der Waals surface area contributed by atoms with Gasteiger partial charge in [-0.3, -0.25) is 0 Å². The van der Waals surface area contributed by atoms with E-state index in [1.807, 2.05) is 61.5 Å². The van der Waals surface area contributed by atoms with E-state index in [0.717, 1.165) is 17.2 Å². The van der Waals surface area contributed by atoms with Crippen molar-refractivity contribution in [3.8, 4) is 11.5 Å². The molecule has 4 heteroatoms. The summed E-state index contributed by atoms with van der Waals surface area (Å²) >= 11 is 0. The molecule has 1 N–H and O–H groups in total. The number of para-hydroxylation sites is 1. The minimum absolute atomic E-state index is 0.121. The maximum atomic E-state index is 11.7. The SMILES string of the molecule is CCN(C)C(=O)Nc1ccc(Oc2ccccc2)cc1. The number of nitrogens with zero attached hydrogens (tertiary/aromatic N) is 1. The summed E-state index contributed by atoms with van der Waals surface area (Å²) in [5.41, 5.74) is 0.746. The predicted molar refractivity (Wildman–Crippen MR) is 80.3 cm³/mol. The summed E-state index contributed by atoms with van der Waals surface area (Å²) in [4.78, 5) is 13.3. The molecule has 2 amide bonds. The van der Waals surface area contributed by atoms with E-state index < -0.39 is 0 Å². The molecule has 0 aliphatic carbocycles. The normalized spacial score (nSPS) is 9.90. The van der Waals surface area contributed by atoms with Crippen molar-refractivity contribution in [2.75, 3.05) is 18.9 Å². The molecule has 2 aromatic rings. The Balaban J connectivity index is 1.98. The lowest BCUT2D eigenvalue weighted by Gasteiger charge is -2.15. The molecule has 0 atom stereocenters. The van der Waals surface area contributed by atoms with Gasteiger partial charge in [0.15, 0.2) is 0 Å². The van der Waals surface area contributed by atoms with Gasteiger partial charge in [-0.05, 0) is 43.3 Å². The van der Waals surface area contributed by atoms with Gasteiger partial charge in [0.1, 0.15) is 11.5 Å². The fourth-order valence-corrected chi connectivity index (χ4v) is 1.59. The highest BCUT2D eigenvalue weighted by Gasteiger charge is 2.06. The Bertz CT molecular complexity index is 552. The number of ether oxygens (including phenoxy) is 1. The van der Waals surface area contributed by atoms with Crippen LogP contribution in [0.2, 0.25) is 0 Å². The summed E-state index contributed by atoms with van der Waals surface area (Å²) in [7, 11) is 1.75. The second kappa shape index (κ2) is 6.61. The smallest absolute Gasteiger partial charge is 0.321 e. The first-order chi connectivity index (χ1) is 9.69.